The minimum Gasteiger partial charge on any atom is -0.466 e. The normalized spacial score (nSPS) is 30.2. The molecule has 0 aromatic heterocycles. The van der Waals surface area contributed by atoms with Crippen molar-refractivity contribution in [1.82, 2.24) is 0 Å². The number of esters is 3. The fraction of sp³-hybridized carbons (Fsp3) is 0.861. The number of unbranched alkanes of at least 4 members (excludes halogenated alkanes) is 9. The van der Waals surface area contributed by atoms with Crippen LogP contribution in [0.15, 0.2) is 12.2 Å². The Hall–Kier alpha value is -2.21. The van der Waals surface area contributed by atoms with E-state index in [1.165, 1.54) is 6.92 Å². The summed E-state index contributed by atoms with van der Waals surface area (Å²) in [6.45, 7) is 5.63. The van der Waals surface area contributed by atoms with E-state index < -0.39 is 80.0 Å². The van der Waals surface area contributed by atoms with Crippen LogP contribution in [0.1, 0.15) is 111 Å². The summed E-state index contributed by atoms with van der Waals surface area (Å²) in [7, 11) is 0. The second-order valence-electron chi connectivity index (χ2n) is 13.3. The fourth-order valence-corrected chi connectivity index (χ4v) is 5.89. The largest absolute Gasteiger partial charge is 0.466 e. The molecule has 0 radical (unpaired) electrons. The highest BCUT2D eigenvalue weighted by atomic mass is 16.8. The maximum absolute atomic E-state index is 11.4. The average Bonchev–Trinajstić information content (AvgIpc) is 3.08. The van der Waals surface area contributed by atoms with Crippen molar-refractivity contribution in [2.45, 2.75) is 179 Å². The second kappa shape index (κ2) is 24.9. The number of carbonyl (C=O) groups is 3. The van der Waals surface area contributed by atoms with Gasteiger partial charge >= 0.3 is 17.9 Å². The number of carbonyl (C=O) groups excluding carboxylic acids is 3. The van der Waals surface area contributed by atoms with E-state index in [4.69, 9.17) is 33.2 Å². The molecule has 15 nitrogen and oxygen atoms in total. The lowest BCUT2D eigenvalue weighted by atomic mass is 9.97. The Labute approximate surface area is 301 Å². The van der Waals surface area contributed by atoms with Gasteiger partial charge in [-0.3, -0.25) is 14.4 Å². The van der Waals surface area contributed by atoms with Gasteiger partial charge in [-0.25, -0.2) is 0 Å². The standard InChI is InChI=1S/C36H62O15/c1-5-45-28(39)20-18-16-14-12-10-8-6-7-9-11-13-15-17-19-23(2)48-36-34(32(43)30(41)27(50-36)22-47-25(4)38)51-35-33(44)31(42)29(40)26(49-35)21-46-24(3)37/h6-7,23,26-27,29-36,40-44H,5,8-22H2,1-4H3/b7-6+/t23-,26+,27+,29+,30+,31-,32-,33+,34+,35-,36+/m0/s1. The summed E-state index contributed by atoms with van der Waals surface area (Å²) in [5.41, 5.74) is 0. The van der Waals surface area contributed by atoms with Crippen molar-refractivity contribution in [3.05, 3.63) is 12.2 Å². The molecule has 0 saturated carbocycles. The van der Waals surface area contributed by atoms with Gasteiger partial charge in [0.2, 0.25) is 0 Å². The van der Waals surface area contributed by atoms with Crippen molar-refractivity contribution < 1.29 is 73.1 Å². The summed E-state index contributed by atoms with van der Waals surface area (Å²) >= 11 is 0. The van der Waals surface area contributed by atoms with Crippen molar-refractivity contribution in [2.24, 2.45) is 0 Å². The third-order valence-corrected chi connectivity index (χ3v) is 8.83. The van der Waals surface area contributed by atoms with E-state index >= 15 is 0 Å². The highest BCUT2D eigenvalue weighted by molar-refractivity contribution is 5.69. The lowest BCUT2D eigenvalue weighted by Crippen LogP contribution is -2.65. The third kappa shape index (κ3) is 17.0. The Kier molecular flexibility index (Phi) is 22.0. The van der Waals surface area contributed by atoms with Gasteiger partial charge in [0.05, 0.1) is 12.7 Å². The number of allylic oxidation sites excluding steroid dienone is 2. The molecular weight excluding hydrogens is 672 g/mol. The molecule has 2 saturated heterocycles. The smallest absolute Gasteiger partial charge is 0.305 e. The SMILES string of the molecule is CCOC(=O)CCCCCCC/C=C/CCCCCC[C@H](C)O[C@@H]1O[C@H](COC(C)=O)[C@@H](O)[C@H](O)[C@H]1O[C@@H]1O[C@H](COC(C)=O)[C@@H](O)[C@H](O)[C@H]1O. The maximum atomic E-state index is 11.4. The van der Waals surface area contributed by atoms with Crippen LogP contribution in [0.5, 0.6) is 0 Å². The van der Waals surface area contributed by atoms with Crippen LogP contribution in [-0.4, -0.2) is 131 Å². The molecule has 2 aliphatic rings. The van der Waals surface area contributed by atoms with Gasteiger partial charge in [0, 0.05) is 20.3 Å². The molecule has 5 N–H and O–H groups in total. The molecule has 0 bridgehead atoms. The highest BCUT2D eigenvalue weighted by Gasteiger charge is 2.51. The van der Waals surface area contributed by atoms with E-state index in [1.54, 1.807) is 0 Å². The Bertz CT molecular complexity index is 1020. The first-order valence-electron chi connectivity index (χ1n) is 18.4. The van der Waals surface area contributed by atoms with E-state index in [1.807, 2.05) is 13.8 Å². The van der Waals surface area contributed by atoms with Gasteiger partial charge in [-0.1, -0.05) is 50.7 Å². The zero-order chi connectivity index (χ0) is 37.8. The van der Waals surface area contributed by atoms with Crippen molar-refractivity contribution in [3.8, 4) is 0 Å². The van der Waals surface area contributed by atoms with Crippen LogP contribution in [0.3, 0.4) is 0 Å². The maximum Gasteiger partial charge on any atom is 0.305 e. The van der Waals surface area contributed by atoms with Crippen LogP contribution in [0.2, 0.25) is 0 Å². The first kappa shape index (κ1) is 44.9. The number of aliphatic hydroxyl groups excluding tert-OH is 5. The molecule has 296 valence electrons. The number of rotatable bonds is 24. The van der Waals surface area contributed by atoms with Crippen molar-refractivity contribution in [3.63, 3.8) is 0 Å². The topological polar surface area (TPSA) is 217 Å². The van der Waals surface area contributed by atoms with E-state index in [2.05, 4.69) is 12.2 Å². The number of ether oxygens (including phenoxy) is 7. The zero-order valence-corrected chi connectivity index (χ0v) is 30.6. The summed E-state index contributed by atoms with van der Waals surface area (Å²) in [4.78, 5) is 34.1. The highest BCUT2D eigenvalue weighted by Crippen LogP contribution is 2.31. The first-order valence-corrected chi connectivity index (χ1v) is 18.4. The van der Waals surface area contributed by atoms with Crippen LogP contribution in [0.25, 0.3) is 0 Å². The van der Waals surface area contributed by atoms with E-state index in [9.17, 15) is 39.9 Å². The van der Waals surface area contributed by atoms with E-state index in [0.29, 0.717) is 19.4 Å². The minimum absolute atomic E-state index is 0.112. The quantitative estimate of drug-likeness (QED) is 0.0416. The Morgan fingerprint density at radius 1 is 0.647 bits per heavy atom. The number of hydrogen-bond donors (Lipinski definition) is 5. The summed E-state index contributed by atoms with van der Waals surface area (Å²) in [5, 5.41) is 53.2. The molecule has 0 aromatic rings. The minimum atomic E-state index is -1.77. The van der Waals surface area contributed by atoms with Gasteiger partial charge in [0.15, 0.2) is 12.6 Å². The molecule has 15 heteroatoms. The van der Waals surface area contributed by atoms with Gasteiger partial charge < -0.3 is 58.7 Å². The van der Waals surface area contributed by atoms with Crippen molar-refractivity contribution in [1.29, 1.82) is 0 Å². The van der Waals surface area contributed by atoms with Gasteiger partial charge in [-0.15, -0.1) is 0 Å². The lowest BCUT2D eigenvalue weighted by molar-refractivity contribution is -0.371. The zero-order valence-electron chi connectivity index (χ0n) is 30.6. The fourth-order valence-electron chi connectivity index (χ4n) is 5.89. The molecule has 2 aliphatic heterocycles. The summed E-state index contributed by atoms with van der Waals surface area (Å²) in [6.07, 6.45) is 1.42. The molecule has 2 heterocycles. The molecule has 0 aromatic carbocycles. The van der Waals surface area contributed by atoms with Gasteiger partial charge in [-0.2, -0.15) is 0 Å². The van der Waals surface area contributed by atoms with E-state index in [-0.39, 0.29) is 18.7 Å². The molecule has 2 fully saturated rings. The monoisotopic (exact) mass is 734 g/mol. The summed E-state index contributed by atoms with van der Waals surface area (Å²) in [5.74, 6) is -1.37. The average molecular weight is 735 g/mol. The summed E-state index contributed by atoms with van der Waals surface area (Å²) in [6, 6.07) is 0. The van der Waals surface area contributed by atoms with Crippen LogP contribution in [-0.2, 0) is 47.5 Å². The molecule has 0 amide bonds. The number of hydrogen-bond acceptors (Lipinski definition) is 15. The first-order chi connectivity index (χ1) is 24.3. The van der Waals surface area contributed by atoms with Crippen LogP contribution < -0.4 is 0 Å². The Morgan fingerprint density at radius 3 is 1.73 bits per heavy atom. The molecule has 0 unspecified atom stereocenters. The molecule has 11 atom stereocenters. The van der Waals surface area contributed by atoms with Crippen molar-refractivity contribution >= 4 is 17.9 Å². The lowest BCUT2D eigenvalue weighted by Gasteiger charge is -2.46. The van der Waals surface area contributed by atoms with Gasteiger partial charge in [-0.05, 0) is 52.4 Å². The van der Waals surface area contributed by atoms with Crippen LogP contribution in [0, 0.1) is 0 Å². The van der Waals surface area contributed by atoms with Crippen molar-refractivity contribution in [2.75, 3.05) is 19.8 Å². The molecule has 0 spiro atoms. The predicted molar refractivity (Wildman–Crippen MR) is 182 cm³/mol. The number of aliphatic hydroxyl groups is 5. The molecular formula is C36H62O15. The van der Waals surface area contributed by atoms with Crippen LogP contribution in [0.4, 0.5) is 0 Å². The van der Waals surface area contributed by atoms with Crippen LogP contribution >= 0.6 is 0 Å². The predicted octanol–water partition coefficient (Wildman–Crippen LogP) is 2.35. The van der Waals surface area contributed by atoms with E-state index in [0.717, 1.165) is 77.6 Å². The van der Waals surface area contributed by atoms with Gasteiger partial charge in [0.1, 0.15) is 62.0 Å². The molecule has 51 heavy (non-hydrogen) atoms. The summed E-state index contributed by atoms with van der Waals surface area (Å²) < 4.78 is 38.3. The molecule has 0 aliphatic carbocycles. The molecule has 2 rings (SSSR count). The van der Waals surface area contributed by atoms with Gasteiger partial charge in [0.25, 0.3) is 0 Å². The Balaban J connectivity index is 1.80. The third-order valence-electron chi connectivity index (χ3n) is 8.83. The second-order valence-corrected chi connectivity index (χ2v) is 13.3. The Morgan fingerprint density at radius 2 is 1.16 bits per heavy atom.